The Morgan fingerprint density at radius 3 is 1.35 bits per heavy atom. The van der Waals surface area contributed by atoms with Crippen LogP contribution < -0.4 is 0 Å². The molecule has 2 heterocycles. The minimum atomic E-state index is -1.06. The van der Waals surface area contributed by atoms with E-state index < -0.39 is 34.8 Å². The molecule has 0 bridgehead atoms. The van der Waals surface area contributed by atoms with Crippen molar-refractivity contribution in [1.29, 1.82) is 0 Å². The standard InChI is InChI=1S/C26H28N2O8S4/c29-17-5-1-15(2-6-17)23-27(19(13-37-23)25(33)34)21(31)9-11-39-40-12-10-22(32)28-20(26(35)36)14-38-24(28)16-3-7-18(30)8-4-16/h1-8,19-20,23-24,29-30H,9-14H2,(H,33,34)(H,35,36)/t19-,20-,23?,24?/m0/s1. The zero-order valence-corrected chi connectivity index (χ0v) is 24.4. The molecule has 2 amide bonds. The van der Waals surface area contributed by atoms with Crippen LogP contribution >= 0.6 is 45.1 Å². The van der Waals surface area contributed by atoms with E-state index in [2.05, 4.69) is 0 Å². The summed E-state index contributed by atoms with van der Waals surface area (Å²) in [6, 6.07) is 10.9. The molecule has 4 atom stereocenters. The average Bonchev–Trinajstić information content (AvgIpc) is 3.57. The monoisotopic (exact) mass is 624 g/mol. The minimum absolute atomic E-state index is 0.0872. The van der Waals surface area contributed by atoms with Gasteiger partial charge in [-0.3, -0.25) is 9.59 Å². The van der Waals surface area contributed by atoms with Gasteiger partial charge < -0.3 is 30.2 Å². The van der Waals surface area contributed by atoms with Crippen LogP contribution in [0.3, 0.4) is 0 Å². The molecule has 2 saturated heterocycles. The van der Waals surface area contributed by atoms with Crippen LogP contribution in [0.1, 0.15) is 34.7 Å². The second-order valence-electron chi connectivity index (χ2n) is 9.01. The van der Waals surface area contributed by atoms with Gasteiger partial charge in [0.25, 0.3) is 0 Å². The SMILES string of the molecule is O=C(O)[C@@H]1CSC(c2ccc(O)cc2)N1C(=O)CCSSCCC(=O)N1C(c2ccc(O)cc2)SC[C@H]1C(=O)O. The molecule has 10 nitrogen and oxygen atoms in total. The Labute approximate surface area is 247 Å². The summed E-state index contributed by atoms with van der Waals surface area (Å²) in [7, 11) is 2.80. The molecule has 2 fully saturated rings. The highest BCUT2D eigenvalue weighted by Gasteiger charge is 2.43. The number of hydrogen-bond acceptors (Lipinski definition) is 10. The van der Waals surface area contributed by atoms with Crippen LogP contribution in [0.4, 0.5) is 0 Å². The van der Waals surface area contributed by atoms with Gasteiger partial charge in [0.15, 0.2) is 0 Å². The van der Waals surface area contributed by atoms with Gasteiger partial charge in [-0.15, -0.1) is 23.5 Å². The maximum absolute atomic E-state index is 13.1. The topological polar surface area (TPSA) is 156 Å². The van der Waals surface area contributed by atoms with Gasteiger partial charge in [-0.05, 0) is 35.4 Å². The van der Waals surface area contributed by atoms with Crippen LogP contribution in [0.2, 0.25) is 0 Å². The van der Waals surface area contributed by atoms with E-state index in [1.54, 1.807) is 24.3 Å². The zero-order chi connectivity index (χ0) is 28.8. The summed E-state index contributed by atoms with van der Waals surface area (Å²) in [6.45, 7) is 0. The lowest BCUT2D eigenvalue weighted by Crippen LogP contribution is -2.43. The molecule has 4 rings (SSSR count). The number of carbonyl (C=O) groups excluding carboxylic acids is 2. The molecule has 2 aromatic carbocycles. The highest BCUT2D eigenvalue weighted by Crippen LogP contribution is 2.43. The van der Waals surface area contributed by atoms with Crippen molar-refractivity contribution in [3.05, 3.63) is 59.7 Å². The number of carboxylic acids is 2. The van der Waals surface area contributed by atoms with Crippen LogP contribution in [0, 0.1) is 0 Å². The highest BCUT2D eigenvalue weighted by atomic mass is 33.1. The van der Waals surface area contributed by atoms with E-state index >= 15 is 0 Å². The smallest absolute Gasteiger partial charge is 0.327 e. The van der Waals surface area contributed by atoms with Crippen molar-refractivity contribution in [2.24, 2.45) is 0 Å². The molecule has 2 aromatic rings. The molecular formula is C26H28N2O8S4. The Morgan fingerprint density at radius 2 is 1.02 bits per heavy atom. The molecule has 0 spiro atoms. The van der Waals surface area contributed by atoms with Crippen molar-refractivity contribution >= 4 is 68.9 Å². The van der Waals surface area contributed by atoms with Crippen LogP contribution in [0.5, 0.6) is 11.5 Å². The van der Waals surface area contributed by atoms with Gasteiger partial charge in [0.2, 0.25) is 11.8 Å². The lowest BCUT2D eigenvalue weighted by Gasteiger charge is -2.28. The fourth-order valence-corrected chi connectivity index (χ4v) is 9.27. The molecule has 2 aliphatic heterocycles. The van der Waals surface area contributed by atoms with Crippen molar-refractivity contribution in [2.45, 2.75) is 35.7 Å². The summed E-state index contributed by atoms with van der Waals surface area (Å²) in [5.74, 6) is -1.14. The summed E-state index contributed by atoms with van der Waals surface area (Å²) in [5.41, 5.74) is 1.48. The van der Waals surface area contributed by atoms with Crippen LogP contribution in [0.15, 0.2) is 48.5 Å². The number of phenols is 2. The number of thioether (sulfide) groups is 2. The van der Waals surface area contributed by atoms with E-state index in [4.69, 9.17) is 0 Å². The number of amides is 2. The fourth-order valence-electron chi connectivity index (χ4n) is 4.43. The van der Waals surface area contributed by atoms with Gasteiger partial charge in [0.1, 0.15) is 34.3 Å². The quantitative estimate of drug-likeness (QED) is 0.211. The first-order valence-electron chi connectivity index (χ1n) is 12.3. The number of aliphatic carboxylic acids is 2. The average molecular weight is 625 g/mol. The van der Waals surface area contributed by atoms with E-state index in [-0.39, 0.29) is 47.7 Å². The third-order valence-corrected chi connectivity index (χ3v) is 11.4. The van der Waals surface area contributed by atoms with Crippen molar-refractivity contribution in [3.8, 4) is 11.5 Å². The van der Waals surface area contributed by atoms with E-state index in [1.807, 2.05) is 0 Å². The van der Waals surface area contributed by atoms with Crippen molar-refractivity contribution in [2.75, 3.05) is 23.0 Å². The third-order valence-electron chi connectivity index (χ3n) is 6.39. The first kappa shape index (κ1) is 30.3. The number of carbonyl (C=O) groups is 4. The maximum Gasteiger partial charge on any atom is 0.327 e. The summed E-state index contributed by atoms with van der Waals surface area (Å²) >= 11 is 2.74. The van der Waals surface area contributed by atoms with Gasteiger partial charge in [-0.1, -0.05) is 45.9 Å². The van der Waals surface area contributed by atoms with E-state index in [1.165, 1.54) is 79.2 Å². The second kappa shape index (κ2) is 13.8. The molecule has 214 valence electrons. The van der Waals surface area contributed by atoms with Gasteiger partial charge in [0.05, 0.1) is 0 Å². The Hall–Kier alpha value is -2.68. The highest BCUT2D eigenvalue weighted by molar-refractivity contribution is 8.76. The summed E-state index contributed by atoms with van der Waals surface area (Å²) < 4.78 is 0. The molecule has 14 heteroatoms. The number of benzene rings is 2. The van der Waals surface area contributed by atoms with Crippen molar-refractivity contribution < 1.29 is 39.6 Å². The molecule has 0 saturated carbocycles. The fraction of sp³-hybridized carbons (Fsp3) is 0.385. The first-order chi connectivity index (χ1) is 19.2. The second-order valence-corrected chi connectivity index (χ2v) is 13.9. The molecule has 2 aliphatic rings. The number of hydrogen-bond donors (Lipinski definition) is 4. The number of phenolic OH excluding ortho intramolecular Hbond substituents is 2. The van der Waals surface area contributed by atoms with Gasteiger partial charge in [0, 0.05) is 35.9 Å². The van der Waals surface area contributed by atoms with Gasteiger partial charge in [-0.2, -0.15) is 0 Å². The normalized spacial score (nSPS) is 22.4. The van der Waals surface area contributed by atoms with E-state index in [9.17, 15) is 39.6 Å². The first-order valence-corrected chi connectivity index (χ1v) is 16.9. The Kier molecular flexibility index (Phi) is 10.4. The maximum atomic E-state index is 13.1. The lowest BCUT2D eigenvalue weighted by molar-refractivity contribution is -0.149. The number of rotatable bonds is 11. The summed E-state index contributed by atoms with van der Waals surface area (Å²) in [5, 5.41) is 37.5. The van der Waals surface area contributed by atoms with E-state index in [0.29, 0.717) is 11.5 Å². The predicted molar refractivity (Wildman–Crippen MR) is 157 cm³/mol. The number of aromatic hydroxyl groups is 2. The van der Waals surface area contributed by atoms with Crippen LogP contribution in [0.25, 0.3) is 0 Å². The summed E-state index contributed by atoms with van der Waals surface area (Å²) in [6.07, 6.45) is 0.245. The van der Waals surface area contributed by atoms with Crippen molar-refractivity contribution in [3.63, 3.8) is 0 Å². The molecule has 0 aliphatic carbocycles. The lowest BCUT2D eigenvalue weighted by atomic mass is 10.1. The number of carboxylic acid groups (broad SMARTS) is 2. The molecule has 0 radical (unpaired) electrons. The molecular weight excluding hydrogens is 597 g/mol. The Morgan fingerprint density at radius 1 is 0.675 bits per heavy atom. The molecule has 40 heavy (non-hydrogen) atoms. The van der Waals surface area contributed by atoms with Crippen molar-refractivity contribution in [1.82, 2.24) is 9.80 Å². The molecule has 2 unspecified atom stereocenters. The minimum Gasteiger partial charge on any atom is -0.508 e. The third kappa shape index (κ3) is 7.14. The molecule has 0 aromatic heterocycles. The predicted octanol–water partition coefficient (Wildman–Crippen LogP) is 4.01. The van der Waals surface area contributed by atoms with Gasteiger partial charge >= 0.3 is 11.9 Å². The molecule has 4 N–H and O–H groups in total. The summed E-state index contributed by atoms with van der Waals surface area (Å²) in [4.78, 5) is 52.5. The zero-order valence-electron chi connectivity index (χ0n) is 21.1. The number of nitrogens with zero attached hydrogens (tertiary/aromatic N) is 2. The Balaban J connectivity index is 1.27. The Bertz CT molecular complexity index is 1130. The van der Waals surface area contributed by atoms with Gasteiger partial charge in [-0.25, -0.2) is 9.59 Å². The van der Waals surface area contributed by atoms with Crippen LogP contribution in [-0.4, -0.2) is 89.1 Å². The largest absolute Gasteiger partial charge is 0.508 e. The van der Waals surface area contributed by atoms with Crippen LogP contribution in [-0.2, 0) is 19.2 Å². The van der Waals surface area contributed by atoms with E-state index in [0.717, 1.165) is 11.1 Å².